The molecule has 5 aromatic carbocycles. The van der Waals surface area contributed by atoms with Gasteiger partial charge in [-0.15, -0.1) is 11.8 Å². The Morgan fingerprint density at radius 2 is 1.38 bits per heavy atom. The van der Waals surface area contributed by atoms with Crippen molar-refractivity contribution in [3.63, 3.8) is 0 Å². The Bertz CT molecular complexity index is 1890. The number of methoxy groups -OCH3 is 1. The zero-order chi connectivity index (χ0) is 33.0. The lowest BCUT2D eigenvalue weighted by atomic mass is 9.97. The van der Waals surface area contributed by atoms with Crippen molar-refractivity contribution in [3.8, 4) is 16.9 Å². The summed E-state index contributed by atoms with van der Waals surface area (Å²) < 4.78 is 18.7. The molecule has 0 aromatic heterocycles. The van der Waals surface area contributed by atoms with Crippen LogP contribution in [0.3, 0.4) is 0 Å². The number of carbonyl (C=O) groups is 2. The number of para-hydroxylation sites is 1. The molecule has 1 N–H and O–H groups in total. The highest BCUT2D eigenvalue weighted by molar-refractivity contribution is 7.99. The van der Waals surface area contributed by atoms with Crippen LogP contribution in [0.2, 0.25) is 0 Å². The SMILES string of the molecule is COc1ccccc1SC[C@H]1C[C@@H](c2ccc(CO)cc2)O[C@@H](c2ccc(-c3ccccc3CN3C(=O)c4ccccc4C3=O)cc2)O1. The number of carbonyl (C=O) groups excluding carboxylic acids is 2. The molecule has 0 saturated carbocycles. The number of aliphatic hydroxyl groups excluding tert-OH is 1. The Hall–Kier alpha value is -4.73. The van der Waals surface area contributed by atoms with Gasteiger partial charge in [-0.1, -0.05) is 97.1 Å². The lowest BCUT2D eigenvalue weighted by molar-refractivity contribution is -0.245. The van der Waals surface area contributed by atoms with Crippen LogP contribution >= 0.6 is 11.8 Å². The maximum absolute atomic E-state index is 13.1. The molecule has 2 heterocycles. The molecule has 48 heavy (non-hydrogen) atoms. The molecule has 0 aliphatic carbocycles. The molecule has 1 fully saturated rings. The van der Waals surface area contributed by atoms with Crippen molar-refractivity contribution < 1.29 is 28.9 Å². The van der Waals surface area contributed by atoms with Crippen molar-refractivity contribution in [2.75, 3.05) is 12.9 Å². The molecule has 242 valence electrons. The van der Waals surface area contributed by atoms with Crippen molar-refractivity contribution in [2.45, 2.75) is 43.0 Å². The molecule has 8 heteroatoms. The van der Waals surface area contributed by atoms with Crippen LogP contribution in [-0.4, -0.2) is 40.8 Å². The Morgan fingerprint density at radius 3 is 2.06 bits per heavy atom. The van der Waals surface area contributed by atoms with Crippen LogP contribution in [0.25, 0.3) is 11.1 Å². The highest BCUT2D eigenvalue weighted by Crippen LogP contribution is 2.41. The Labute approximate surface area is 284 Å². The number of ether oxygens (including phenoxy) is 3. The maximum atomic E-state index is 13.1. The Balaban J connectivity index is 1.12. The highest BCUT2D eigenvalue weighted by Gasteiger charge is 2.36. The number of aliphatic hydroxyl groups is 1. The second-order valence-electron chi connectivity index (χ2n) is 11.8. The minimum Gasteiger partial charge on any atom is -0.496 e. The van der Waals surface area contributed by atoms with Gasteiger partial charge in [0.2, 0.25) is 0 Å². The summed E-state index contributed by atoms with van der Waals surface area (Å²) >= 11 is 1.70. The molecule has 2 aliphatic rings. The summed E-state index contributed by atoms with van der Waals surface area (Å²) in [4.78, 5) is 28.5. The fourth-order valence-electron chi connectivity index (χ4n) is 6.26. The smallest absolute Gasteiger partial charge is 0.261 e. The van der Waals surface area contributed by atoms with E-state index in [9.17, 15) is 14.7 Å². The van der Waals surface area contributed by atoms with Gasteiger partial charge in [-0.05, 0) is 52.1 Å². The quantitative estimate of drug-likeness (QED) is 0.120. The van der Waals surface area contributed by atoms with Gasteiger partial charge in [0, 0.05) is 22.6 Å². The van der Waals surface area contributed by atoms with E-state index in [1.807, 2.05) is 91.0 Å². The zero-order valence-electron chi connectivity index (χ0n) is 26.5. The standard InChI is InChI=1S/C40H35NO6S/c1-45-35-12-6-7-13-37(35)48-25-31-22-36(28-16-14-26(24-42)15-17-28)47-40(46-31)29-20-18-27(19-21-29)32-9-3-2-8-30(32)23-41-38(43)33-10-4-5-11-34(33)39(41)44/h2-21,31,36,40,42H,22-25H2,1H3/t31-,36+,40+/m1/s1. The number of fused-ring (bicyclic) bond motifs is 1. The van der Waals surface area contributed by atoms with Gasteiger partial charge in [0.15, 0.2) is 6.29 Å². The first-order valence-corrected chi connectivity index (χ1v) is 16.9. The third-order valence-electron chi connectivity index (χ3n) is 8.83. The lowest BCUT2D eigenvalue weighted by Gasteiger charge is -2.36. The molecule has 0 radical (unpaired) electrons. The fraction of sp³-hybridized carbons (Fsp3) is 0.200. The number of hydrogen-bond acceptors (Lipinski definition) is 7. The van der Waals surface area contributed by atoms with E-state index in [0.29, 0.717) is 23.3 Å². The second kappa shape index (κ2) is 14.2. The van der Waals surface area contributed by atoms with E-state index in [0.717, 1.165) is 44.0 Å². The van der Waals surface area contributed by atoms with E-state index >= 15 is 0 Å². The highest BCUT2D eigenvalue weighted by atomic mass is 32.2. The number of benzene rings is 5. The molecular weight excluding hydrogens is 623 g/mol. The minimum absolute atomic E-state index is 0.0104. The van der Waals surface area contributed by atoms with Crippen LogP contribution in [0.15, 0.2) is 126 Å². The van der Waals surface area contributed by atoms with Gasteiger partial charge in [-0.2, -0.15) is 0 Å². The van der Waals surface area contributed by atoms with E-state index < -0.39 is 6.29 Å². The zero-order valence-corrected chi connectivity index (χ0v) is 27.3. The second-order valence-corrected chi connectivity index (χ2v) is 12.9. The van der Waals surface area contributed by atoms with E-state index in [4.69, 9.17) is 14.2 Å². The van der Waals surface area contributed by atoms with Crippen molar-refractivity contribution in [1.29, 1.82) is 0 Å². The Morgan fingerprint density at radius 1 is 0.750 bits per heavy atom. The van der Waals surface area contributed by atoms with E-state index in [-0.39, 0.29) is 37.2 Å². The van der Waals surface area contributed by atoms with Gasteiger partial charge >= 0.3 is 0 Å². The van der Waals surface area contributed by atoms with Crippen LogP contribution in [0.5, 0.6) is 5.75 Å². The van der Waals surface area contributed by atoms with E-state index in [1.54, 1.807) is 43.1 Å². The topological polar surface area (TPSA) is 85.3 Å². The van der Waals surface area contributed by atoms with Crippen LogP contribution in [0.1, 0.15) is 61.8 Å². The first kappa shape index (κ1) is 31.8. The summed E-state index contributed by atoms with van der Waals surface area (Å²) in [5.74, 6) is 1.01. The molecule has 2 amide bonds. The van der Waals surface area contributed by atoms with Gasteiger partial charge in [0.05, 0.1) is 43.6 Å². The monoisotopic (exact) mass is 657 g/mol. The molecule has 1 saturated heterocycles. The van der Waals surface area contributed by atoms with Crippen molar-refractivity contribution in [2.24, 2.45) is 0 Å². The maximum Gasteiger partial charge on any atom is 0.261 e. The number of hydrogen-bond donors (Lipinski definition) is 1. The summed E-state index contributed by atoms with van der Waals surface area (Å²) in [5.41, 5.74) is 6.44. The van der Waals surface area contributed by atoms with Gasteiger partial charge in [0.25, 0.3) is 11.8 Å². The van der Waals surface area contributed by atoms with Gasteiger partial charge in [0.1, 0.15) is 5.75 Å². The first-order chi connectivity index (χ1) is 23.5. The van der Waals surface area contributed by atoms with Gasteiger partial charge in [-0.25, -0.2) is 0 Å². The predicted octanol–water partition coefficient (Wildman–Crippen LogP) is 7.99. The molecule has 2 aliphatic heterocycles. The molecule has 0 spiro atoms. The fourth-order valence-corrected chi connectivity index (χ4v) is 7.30. The molecule has 7 rings (SSSR count). The molecule has 0 bridgehead atoms. The number of thioether (sulfide) groups is 1. The van der Waals surface area contributed by atoms with E-state index in [1.165, 1.54) is 4.90 Å². The summed E-state index contributed by atoms with van der Waals surface area (Å²) in [6, 6.07) is 38.7. The molecule has 0 unspecified atom stereocenters. The lowest BCUT2D eigenvalue weighted by Crippen LogP contribution is -2.31. The minimum atomic E-state index is -0.591. The third kappa shape index (κ3) is 6.53. The van der Waals surface area contributed by atoms with Crippen LogP contribution in [0, 0.1) is 0 Å². The average molecular weight is 658 g/mol. The largest absolute Gasteiger partial charge is 0.496 e. The van der Waals surface area contributed by atoms with Gasteiger partial charge in [-0.3, -0.25) is 14.5 Å². The summed E-state index contributed by atoms with van der Waals surface area (Å²) in [5, 5.41) is 9.55. The summed E-state index contributed by atoms with van der Waals surface area (Å²) in [6.45, 7) is 0.172. The van der Waals surface area contributed by atoms with Crippen molar-refractivity contribution in [3.05, 3.63) is 155 Å². The number of rotatable bonds is 10. The summed E-state index contributed by atoms with van der Waals surface area (Å²) in [6.07, 6.45) is -0.200. The number of nitrogens with zero attached hydrogens (tertiary/aromatic N) is 1. The normalized spacial score (nSPS) is 19.0. The first-order valence-electron chi connectivity index (χ1n) is 15.9. The van der Waals surface area contributed by atoms with Crippen molar-refractivity contribution >= 4 is 23.6 Å². The predicted molar refractivity (Wildman–Crippen MR) is 185 cm³/mol. The van der Waals surface area contributed by atoms with Crippen LogP contribution in [-0.2, 0) is 22.6 Å². The number of imide groups is 1. The molecule has 3 atom stereocenters. The Kier molecular flexibility index (Phi) is 9.40. The third-order valence-corrected chi connectivity index (χ3v) is 10.0. The average Bonchev–Trinajstić information content (AvgIpc) is 3.39. The number of amides is 2. The van der Waals surface area contributed by atoms with Gasteiger partial charge < -0.3 is 19.3 Å². The molecule has 7 nitrogen and oxygen atoms in total. The van der Waals surface area contributed by atoms with Crippen LogP contribution < -0.4 is 4.74 Å². The van der Waals surface area contributed by atoms with Crippen LogP contribution in [0.4, 0.5) is 0 Å². The van der Waals surface area contributed by atoms with E-state index in [2.05, 4.69) is 6.07 Å². The molecule has 5 aromatic rings. The van der Waals surface area contributed by atoms with Crippen molar-refractivity contribution in [1.82, 2.24) is 4.90 Å². The molecular formula is C40H35NO6S. The summed E-state index contributed by atoms with van der Waals surface area (Å²) in [7, 11) is 1.68.